The van der Waals surface area contributed by atoms with E-state index in [-0.39, 0.29) is 23.8 Å². The zero-order valence-corrected chi connectivity index (χ0v) is 15.8. The second kappa shape index (κ2) is 7.96. The van der Waals surface area contributed by atoms with Gasteiger partial charge in [-0.05, 0) is 43.5 Å². The molecule has 0 radical (unpaired) electrons. The van der Waals surface area contributed by atoms with Crippen LogP contribution in [0.4, 0.5) is 0 Å². The van der Waals surface area contributed by atoms with Crippen molar-refractivity contribution in [3.63, 3.8) is 0 Å². The Morgan fingerprint density at radius 3 is 2.65 bits per heavy atom. The molecule has 0 bridgehead atoms. The molecule has 6 heteroatoms. The molecule has 1 aromatic carbocycles. The van der Waals surface area contributed by atoms with Crippen molar-refractivity contribution in [3.8, 4) is 0 Å². The maximum Gasteiger partial charge on any atom is 0.257 e. The number of likely N-dealkylation sites (tertiary alicyclic amines) is 1. The van der Waals surface area contributed by atoms with Gasteiger partial charge in [0.15, 0.2) is 0 Å². The first-order valence-electron chi connectivity index (χ1n) is 8.81. The lowest BCUT2D eigenvalue weighted by Gasteiger charge is -2.35. The first kappa shape index (κ1) is 18.5. The molecule has 2 heterocycles. The van der Waals surface area contributed by atoms with Crippen LogP contribution >= 0.6 is 11.6 Å². The monoisotopic (exact) mass is 374 g/mol. The number of hydrogen-bond donors (Lipinski definition) is 0. The Balaban J connectivity index is 1.66. The van der Waals surface area contributed by atoms with Gasteiger partial charge in [-0.1, -0.05) is 23.7 Å². The average Bonchev–Trinajstić information content (AvgIpc) is 3.21. The summed E-state index contributed by atoms with van der Waals surface area (Å²) in [4.78, 5) is 29.0. The highest BCUT2D eigenvalue weighted by atomic mass is 35.5. The number of nitrogens with zero attached hydrogens (tertiary/aromatic N) is 2. The van der Waals surface area contributed by atoms with Crippen molar-refractivity contribution in [1.29, 1.82) is 0 Å². The standard InChI is InChI=1S/C20H23ClN2O3/c1-14(15-5-7-18(21)8-6-15)22(2)19(24)16-4-3-10-23(12-16)20(25)17-9-11-26-13-17/h5-9,11,13-14,16H,3-4,10,12H2,1-2H3. The van der Waals surface area contributed by atoms with Crippen LogP contribution in [0.2, 0.25) is 5.02 Å². The number of carbonyl (C=O) groups excluding carboxylic acids is 2. The molecule has 2 atom stereocenters. The second-order valence-electron chi connectivity index (χ2n) is 6.78. The normalized spacial score (nSPS) is 18.4. The maximum atomic E-state index is 13.0. The zero-order chi connectivity index (χ0) is 18.7. The second-order valence-corrected chi connectivity index (χ2v) is 7.22. The Kier molecular flexibility index (Phi) is 5.67. The maximum absolute atomic E-state index is 13.0. The van der Waals surface area contributed by atoms with Crippen LogP contribution in [-0.2, 0) is 4.79 Å². The van der Waals surface area contributed by atoms with Crippen LogP contribution < -0.4 is 0 Å². The van der Waals surface area contributed by atoms with Crippen LogP contribution in [0, 0.1) is 5.92 Å². The number of piperidine rings is 1. The fraction of sp³-hybridized carbons (Fsp3) is 0.400. The van der Waals surface area contributed by atoms with E-state index in [1.165, 1.54) is 12.5 Å². The summed E-state index contributed by atoms with van der Waals surface area (Å²) < 4.78 is 5.00. The van der Waals surface area contributed by atoms with Gasteiger partial charge in [-0.15, -0.1) is 0 Å². The molecule has 1 aromatic heterocycles. The van der Waals surface area contributed by atoms with Gasteiger partial charge >= 0.3 is 0 Å². The van der Waals surface area contributed by atoms with Crippen molar-refractivity contribution in [2.45, 2.75) is 25.8 Å². The van der Waals surface area contributed by atoms with Crippen molar-refractivity contribution in [3.05, 3.63) is 59.0 Å². The lowest BCUT2D eigenvalue weighted by Crippen LogP contribution is -2.46. The third-order valence-electron chi connectivity index (χ3n) is 5.11. The number of carbonyl (C=O) groups is 2. The summed E-state index contributed by atoms with van der Waals surface area (Å²) in [6, 6.07) is 9.14. The topological polar surface area (TPSA) is 53.8 Å². The van der Waals surface area contributed by atoms with E-state index < -0.39 is 0 Å². The third kappa shape index (κ3) is 3.93. The van der Waals surface area contributed by atoms with Crippen LogP contribution in [0.25, 0.3) is 0 Å². The Hall–Kier alpha value is -2.27. The molecule has 2 unspecified atom stereocenters. The molecule has 1 fully saturated rings. The Morgan fingerprint density at radius 2 is 2.00 bits per heavy atom. The number of furan rings is 1. The van der Waals surface area contributed by atoms with Gasteiger partial charge in [0, 0.05) is 25.2 Å². The molecular weight excluding hydrogens is 352 g/mol. The van der Waals surface area contributed by atoms with E-state index in [4.69, 9.17) is 16.0 Å². The van der Waals surface area contributed by atoms with Crippen molar-refractivity contribution >= 4 is 23.4 Å². The van der Waals surface area contributed by atoms with E-state index >= 15 is 0 Å². The SMILES string of the molecule is CC(c1ccc(Cl)cc1)N(C)C(=O)C1CCCN(C(=O)c2ccoc2)C1. The molecule has 0 saturated carbocycles. The van der Waals surface area contributed by atoms with Gasteiger partial charge < -0.3 is 14.2 Å². The predicted octanol–water partition coefficient (Wildman–Crippen LogP) is 4.00. The summed E-state index contributed by atoms with van der Waals surface area (Å²) in [6.07, 6.45) is 4.55. The minimum Gasteiger partial charge on any atom is -0.472 e. The Labute approximate surface area is 158 Å². The Bertz CT molecular complexity index is 758. The molecule has 3 rings (SSSR count). The van der Waals surface area contributed by atoms with Gasteiger partial charge in [0.05, 0.1) is 23.8 Å². The number of amides is 2. The minimum atomic E-state index is -0.181. The van der Waals surface area contributed by atoms with E-state index in [2.05, 4.69) is 0 Å². The fourth-order valence-corrected chi connectivity index (χ4v) is 3.50. The number of hydrogen-bond acceptors (Lipinski definition) is 3. The molecule has 2 aromatic rings. The lowest BCUT2D eigenvalue weighted by molar-refractivity contribution is -0.137. The first-order chi connectivity index (χ1) is 12.5. The van der Waals surface area contributed by atoms with Crippen molar-refractivity contribution in [1.82, 2.24) is 9.80 Å². The lowest BCUT2D eigenvalue weighted by atomic mass is 9.95. The van der Waals surface area contributed by atoms with Crippen LogP contribution in [0.5, 0.6) is 0 Å². The van der Waals surface area contributed by atoms with Gasteiger partial charge in [-0.2, -0.15) is 0 Å². The van der Waals surface area contributed by atoms with E-state index in [0.717, 1.165) is 18.4 Å². The molecular formula is C20H23ClN2O3. The Morgan fingerprint density at radius 1 is 1.27 bits per heavy atom. The number of rotatable bonds is 4. The molecule has 0 aliphatic carbocycles. The third-order valence-corrected chi connectivity index (χ3v) is 5.36. The van der Waals surface area contributed by atoms with Gasteiger partial charge in [0.2, 0.25) is 5.91 Å². The summed E-state index contributed by atoms with van der Waals surface area (Å²) in [5.41, 5.74) is 1.56. The largest absolute Gasteiger partial charge is 0.472 e. The van der Waals surface area contributed by atoms with Crippen LogP contribution in [-0.4, -0.2) is 41.8 Å². The summed E-state index contributed by atoms with van der Waals surface area (Å²) in [6.45, 7) is 3.11. The summed E-state index contributed by atoms with van der Waals surface area (Å²) in [5.74, 6) is -0.193. The first-order valence-corrected chi connectivity index (χ1v) is 9.18. The quantitative estimate of drug-likeness (QED) is 0.812. The predicted molar refractivity (Wildman–Crippen MR) is 100.0 cm³/mol. The number of halogens is 1. The molecule has 2 amide bonds. The van der Waals surface area contributed by atoms with Crippen molar-refractivity contribution in [2.24, 2.45) is 5.92 Å². The van der Waals surface area contributed by atoms with Gasteiger partial charge in [-0.25, -0.2) is 0 Å². The van der Waals surface area contributed by atoms with Gasteiger partial charge in [0.25, 0.3) is 5.91 Å². The van der Waals surface area contributed by atoms with Crippen LogP contribution in [0.3, 0.4) is 0 Å². The molecule has 1 saturated heterocycles. The molecule has 1 aliphatic heterocycles. The minimum absolute atomic E-state index is 0.0558. The van der Waals surface area contributed by atoms with E-state index in [9.17, 15) is 9.59 Å². The fourth-order valence-electron chi connectivity index (χ4n) is 3.38. The number of benzene rings is 1. The zero-order valence-electron chi connectivity index (χ0n) is 15.0. The van der Waals surface area contributed by atoms with Crippen molar-refractivity contribution in [2.75, 3.05) is 20.1 Å². The van der Waals surface area contributed by atoms with Crippen LogP contribution in [0.15, 0.2) is 47.3 Å². The van der Waals surface area contributed by atoms with Gasteiger partial charge in [-0.3, -0.25) is 9.59 Å². The highest BCUT2D eigenvalue weighted by Gasteiger charge is 2.32. The smallest absolute Gasteiger partial charge is 0.257 e. The van der Waals surface area contributed by atoms with E-state index in [1.54, 1.807) is 15.9 Å². The molecule has 0 spiro atoms. The highest BCUT2D eigenvalue weighted by Crippen LogP contribution is 2.26. The molecule has 26 heavy (non-hydrogen) atoms. The van der Waals surface area contributed by atoms with E-state index in [0.29, 0.717) is 23.7 Å². The van der Waals surface area contributed by atoms with Gasteiger partial charge in [0.1, 0.15) is 6.26 Å². The molecule has 1 aliphatic rings. The summed E-state index contributed by atoms with van der Waals surface area (Å²) in [5, 5.41) is 0.676. The molecule has 138 valence electrons. The molecule has 0 N–H and O–H groups in total. The highest BCUT2D eigenvalue weighted by molar-refractivity contribution is 6.30. The average molecular weight is 375 g/mol. The summed E-state index contributed by atoms with van der Waals surface area (Å²) in [7, 11) is 1.82. The van der Waals surface area contributed by atoms with Crippen molar-refractivity contribution < 1.29 is 14.0 Å². The molecule has 5 nitrogen and oxygen atoms in total. The summed E-state index contributed by atoms with van der Waals surface area (Å²) >= 11 is 5.94. The van der Waals surface area contributed by atoms with E-state index in [1.807, 2.05) is 38.2 Å². The van der Waals surface area contributed by atoms with Crippen LogP contribution in [0.1, 0.15) is 41.7 Å².